The molecule has 1 N–H and O–H groups in total. The van der Waals surface area contributed by atoms with E-state index in [2.05, 4.69) is 10.1 Å². The van der Waals surface area contributed by atoms with Gasteiger partial charge in [-0.3, -0.25) is 9.48 Å². The summed E-state index contributed by atoms with van der Waals surface area (Å²) >= 11 is 7.04. The number of aliphatic imine (C=N–C) groups is 1. The molecule has 11 heteroatoms. The molecule has 0 spiro atoms. The van der Waals surface area contributed by atoms with Gasteiger partial charge in [0.15, 0.2) is 5.17 Å². The van der Waals surface area contributed by atoms with E-state index in [1.54, 1.807) is 24.4 Å². The minimum atomic E-state index is -4.53. The van der Waals surface area contributed by atoms with Gasteiger partial charge in [0, 0.05) is 23.5 Å². The fraction of sp³-hybridized carbons (Fsp3) is 0.261. The second-order valence-corrected chi connectivity index (χ2v) is 9.56. The lowest BCUT2D eigenvalue weighted by molar-refractivity contribution is -0.138. The van der Waals surface area contributed by atoms with Crippen LogP contribution in [0.5, 0.6) is 0 Å². The Kier molecular flexibility index (Phi) is 5.91. The molecule has 1 atom stereocenters. The third-order valence-electron chi connectivity index (χ3n) is 5.70. The van der Waals surface area contributed by atoms with E-state index in [0.717, 1.165) is 17.0 Å². The Morgan fingerprint density at radius 1 is 1.24 bits per heavy atom. The summed E-state index contributed by atoms with van der Waals surface area (Å²) in [6.07, 6.45) is -0.980. The van der Waals surface area contributed by atoms with Gasteiger partial charge < -0.3 is 10.0 Å². The molecule has 0 aliphatic carbocycles. The first-order valence-corrected chi connectivity index (χ1v) is 11.6. The van der Waals surface area contributed by atoms with Crippen LogP contribution in [0.15, 0.2) is 52.5 Å². The van der Waals surface area contributed by atoms with Crippen molar-refractivity contribution in [2.24, 2.45) is 4.99 Å². The molecule has 5 rings (SSSR count). The van der Waals surface area contributed by atoms with Crippen molar-refractivity contribution in [3.8, 4) is 0 Å². The summed E-state index contributed by atoms with van der Waals surface area (Å²) in [7, 11) is 0. The largest absolute Gasteiger partial charge is 0.416 e. The van der Waals surface area contributed by atoms with Gasteiger partial charge in [-0.25, -0.2) is 0 Å². The van der Waals surface area contributed by atoms with Gasteiger partial charge in [-0.1, -0.05) is 23.7 Å². The topological polar surface area (TPSA) is 70.7 Å². The number of hydrogen-bond donors (Lipinski definition) is 1. The average molecular weight is 507 g/mol. The highest BCUT2D eigenvalue weighted by molar-refractivity contribution is 8.18. The molecule has 2 aromatic carbocycles. The second kappa shape index (κ2) is 8.75. The molecule has 1 amide bonds. The molecule has 1 saturated heterocycles. The van der Waals surface area contributed by atoms with Crippen molar-refractivity contribution in [1.82, 2.24) is 14.7 Å². The number of benzene rings is 2. The van der Waals surface area contributed by atoms with E-state index < -0.39 is 17.8 Å². The maximum atomic E-state index is 13.4. The predicted molar refractivity (Wildman–Crippen MR) is 125 cm³/mol. The molecule has 2 aliphatic heterocycles. The van der Waals surface area contributed by atoms with Crippen LogP contribution in [-0.4, -0.2) is 50.1 Å². The summed E-state index contributed by atoms with van der Waals surface area (Å²) in [6.45, 7) is 1.05. The molecule has 0 unspecified atom stereocenters. The van der Waals surface area contributed by atoms with Gasteiger partial charge in [0.05, 0.1) is 34.8 Å². The number of aliphatic hydroxyl groups is 1. The molecule has 0 radical (unpaired) electrons. The van der Waals surface area contributed by atoms with Crippen LogP contribution in [-0.2, 0) is 17.5 Å². The molecule has 0 saturated carbocycles. The molecule has 176 valence electrons. The van der Waals surface area contributed by atoms with Gasteiger partial charge in [-0.2, -0.15) is 23.3 Å². The van der Waals surface area contributed by atoms with E-state index in [9.17, 15) is 23.1 Å². The number of rotatable bonds is 3. The zero-order valence-electron chi connectivity index (χ0n) is 17.6. The van der Waals surface area contributed by atoms with Crippen molar-refractivity contribution in [3.05, 3.63) is 69.2 Å². The van der Waals surface area contributed by atoms with Crippen LogP contribution in [0.4, 0.5) is 13.2 Å². The first-order chi connectivity index (χ1) is 16.2. The molecule has 1 aromatic heterocycles. The maximum Gasteiger partial charge on any atom is 0.416 e. The van der Waals surface area contributed by atoms with Crippen molar-refractivity contribution in [2.45, 2.75) is 25.2 Å². The van der Waals surface area contributed by atoms with Crippen molar-refractivity contribution < 1.29 is 23.1 Å². The molecular weight excluding hydrogens is 489 g/mol. The highest BCUT2D eigenvalue weighted by Crippen LogP contribution is 2.35. The monoisotopic (exact) mass is 506 g/mol. The first-order valence-electron chi connectivity index (χ1n) is 10.4. The van der Waals surface area contributed by atoms with Crippen LogP contribution in [0.25, 0.3) is 17.0 Å². The standard InChI is InChI=1S/C23H18ClF3N4O2S/c24-16-3-2-14(18(9-16)23(25,26)27)11-31-19-4-1-13(7-15(19)10-28-31)8-20-21(33)29-22(34-20)30-6-5-17(32)12-30/h1-4,7-10,17,32H,5-6,11-12H2/b20-8-/t17-/m0/s1. The third-order valence-corrected chi connectivity index (χ3v) is 6.98. The van der Waals surface area contributed by atoms with Crippen molar-refractivity contribution >= 4 is 51.4 Å². The Morgan fingerprint density at radius 2 is 2.06 bits per heavy atom. The highest BCUT2D eigenvalue weighted by Gasteiger charge is 2.34. The maximum absolute atomic E-state index is 13.4. The Morgan fingerprint density at radius 3 is 2.79 bits per heavy atom. The number of aromatic nitrogens is 2. The van der Waals surface area contributed by atoms with E-state index in [1.807, 2.05) is 11.0 Å². The zero-order valence-corrected chi connectivity index (χ0v) is 19.2. The molecule has 2 aliphatic rings. The van der Waals surface area contributed by atoms with Gasteiger partial charge in [-0.05, 0) is 59.7 Å². The number of nitrogens with zero attached hydrogens (tertiary/aromatic N) is 4. The first kappa shape index (κ1) is 22.9. The summed E-state index contributed by atoms with van der Waals surface area (Å²) < 4.78 is 41.8. The SMILES string of the molecule is O=C1N=C(N2CC[C@H](O)C2)S/C1=C\c1ccc2c(cnn2Cc2ccc(Cl)cc2C(F)(F)F)c1. The van der Waals surface area contributed by atoms with Crippen LogP contribution in [0.2, 0.25) is 5.02 Å². The number of halogens is 4. The van der Waals surface area contributed by atoms with Crippen molar-refractivity contribution in [3.63, 3.8) is 0 Å². The number of alkyl halides is 3. The molecule has 1 fully saturated rings. The lowest BCUT2D eigenvalue weighted by Gasteiger charge is -2.15. The smallest absolute Gasteiger partial charge is 0.391 e. The molecule has 3 heterocycles. The van der Waals surface area contributed by atoms with Crippen molar-refractivity contribution in [1.29, 1.82) is 0 Å². The van der Waals surface area contributed by atoms with Crippen LogP contribution in [0.3, 0.4) is 0 Å². The summed E-state index contributed by atoms with van der Waals surface area (Å²) in [5.74, 6) is -0.334. The van der Waals surface area contributed by atoms with Gasteiger partial charge in [0.25, 0.3) is 5.91 Å². The molecule has 3 aromatic rings. The van der Waals surface area contributed by atoms with E-state index >= 15 is 0 Å². The molecule has 0 bridgehead atoms. The van der Waals surface area contributed by atoms with Gasteiger partial charge in [0.2, 0.25) is 0 Å². The van der Waals surface area contributed by atoms with E-state index in [0.29, 0.717) is 35.1 Å². The number of β-amino-alcohol motifs (C(OH)–C–C–N with tert-alkyl or cyclic N) is 1. The number of fused-ring (bicyclic) bond motifs is 1. The van der Waals surface area contributed by atoms with Crippen LogP contribution in [0, 0.1) is 0 Å². The minimum absolute atomic E-state index is 0.0199. The van der Waals surface area contributed by atoms with E-state index in [1.165, 1.54) is 28.6 Å². The summed E-state index contributed by atoms with van der Waals surface area (Å²) in [5, 5.41) is 15.3. The average Bonchev–Trinajstić information content (AvgIpc) is 3.48. The normalized spacial score (nSPS) is 20.1. The van der Waals surface area contributed by atoms with Crippen LogP contribution in [0.1, 0.15) is 23.1 Å². The van der Waals surface area contributed by atoms with E-state index in [4.69, 9.17) is 11.6 Å². The number of amides is 1. The predicted octanol–water partition coefficient (Wildman–Crippen LogP) is 4.79. The highest BCUT2D eigenvalue weighted by atomic mass is 35.5. The molecule has 6 nitrogen and oxygen atoms in total. The second-order valence-electron chi connectivity index (χ2n) is 8.12. The lowest BCUT2D eigenvalue weighted by atomic mass is 10.1. The summed E-state index contributed by atoms with van der Waals surface area (Å²) in [6, 6.07) is 9.08. The Balaban J connectivity index is 1.38. The Hall–Kier alpha value is -2.82. The summed E-state index contributed by atoms with van der Waals surface area (Å²) in [5.41, 5.74) is 0.697. The summed E-state index contributed by atoms with van der Waals surface area (Å²) in [4.78, 5) is 18.8. The minimum Gasteiger partial charge on any atom is -0.391 e. The quantitative estimate of drug-likeness (QED) is 0.517. The number of carbonyl (C=O) groups is 1. The number of thioether (sulfide) groups is 1. The third kappa shape index (κ3) is 4.57. The number of carbonyl (C=O) groups excluding carboxylic acids is 1. The van der Waals surface area contributed by atoms with Crippen molar-refractivity contribution in [2.75, 3.05) is 13.1 Å². The number of hydrogen-bond acceptors (Lipinski definition) is 5. The van der Waals surface area contributed by atoms with E-state index in [-0.39, 0.29) is 23.0 Å². The molecular formula is C23H18ClF3N4O2S. The fourth-order valence-corrected chi connectivity index (χ4v) is 5.15. The number of amidine groups is 1. The molecule has 34 heavy (non-hydrogen) atoms. The number of aliphatic hydroxyl groups excluding tert-OH is 1. The van der Waals surface area contributed by atoms with Crippen LogP contribution >= 0.6 is 23.4 Å². The van der Waals surface area contributed by atoms with Gasteiger partial charge >= 0.3 is 6.18 Å². The number of likely N-dealkylation sites (tertiary alicyclic amines) is 1. The zero-order chi connectivity index (χ0) is 24.0. The fourth-order valence-electron chi connectivity index (χ4n) is 4.03. The Labute approximate surface area is 201 Å². The van der Waals surface area contributed by atoms with Gasteiger partial charge in [-0.15, -0.1) is 0 Å². The Bertz CT molecular complexity index is 1350. The van der Waals surface area contributed by atoms with Gasteiger partial charge in [0.1, 0.15) is 0 Å². The lowest BCUT2D eigenvalue weighted by Crippen LogP contribution is -2.26. The van der Waals surface area contributed by atoms with Crippen LogP contribution < -0.4 is 0 Å².